The van der Waals surface area contributed by atoms with Crippen molar-refractivity contribution in [2.45, 2.75) is 0 Å². The van der Waals surface area contributed by atoms with Gasteiger partial charge >= 0.3 is 10.2 Å². The van der Waals surface area contributed by atoms with Crippen molar-refractivity contribution < 1.29 is 8.42 Å². The van der Waals surface area contributed by atoms with E-state index in [1.165, 1.54) is 14.1 Å². The number of hydrogen-bond donors (Lipinski definition) is 4. The van der Waals surface area contributed by atoms with Gasteiger partial charge < -0.3 is 0 Å². The van der Waals surface area contributed by atoms with Crippen molar-refractivity contribution in [2.75, 3.05) is 14.1 Å². The smallest absolute Gasteiger partial charge is 0.246 e. The molecule has 0 aromatic heterocycles. The Labute approximate surface area is 54.1 Å². The number of nitrogens with one attached hydrogen (secondary N) is 4. The monoisotopic (exact) mass is 154 g/mol. The van der Waals surface area contributed by atoms with Crippen molar-refractivity contribution in [1.29, 1.82) is 0 Å². The van der Waals surface area contributed by atoms with E-state index in [4.69, 9.17) is 0 Å². The van der Waals surface area contributed by atoms with Crippen molar-refractivity contribution in [3.8, 4) is 0 Å². The van der Waals surface area contributed by atoms with Crippen molar-refractivity contribution in [3.63, 3.8) is 0 Å². The molecule has 0 fully saturated rings. The molecule has 0 bridgehead atoms. The standard InChI is InChI=1S/C2H10N4O2S/c1-3-5-9(7,8)6-4-2/h3-6H,1-2H3. The van der Waals surface area contributed by atoms with Crippen LogP contribution < -0.4 is 20.5 Å². The second-order valence-electron chi connectivity index (χ2n) is 1.21. The fraction of sp³-hybridized carbons (Fsp3) is 1.00. The molecule has 0 radical (unpaired) electrons. The average molecular weight is 154 g/mol. The lowest BCUT2D eigenvalue weighted by Crippen LogP contribution is -2.47. The summed E-state index contributed by atoms with van der Waals surface area (Å²) in [6, 6.07) is 0. The summed E-state index contributed by atoms with van der Waals surface area (Å²) in [6.45, 7) is 0. The highest BCUT2D eigenvalue weighted by atomic mass is 32.2. The van der Waals surface area contributed by atoms with Gasteiger partial charge in [0.2, 0.25) is 0 Å². The molecule has 0 rings (SSSR count). The molecule has 0 amide bonds. The maximum Gasteiger partial charge on any atom is 0.302 e. The van der Waals surface area contributed by atoms with E-state index in [9.17, 15) is 8.42 Å². The Morgan fingerprint density at radius 3 is 1.56 bits per heavy atom. The number of rotatable bonds is 4. The van der Waals surface area contributed by atoms with Gasteiger partial charge in [0.05, 0.1) is 0 Å². The van der Waals surface area contributed by atoms with Crippen LogP contribution in [0.1, 0.15) is 0 Å². The van der Waals surface area contributed by atoms with E-state index in [0.717, 1.165) is 0 Å². The summed E-state index contributed by atoms with van der Waals surface area (Å²) in [5.41, 5.74) is 4.50. The van der Waals surface area contributed by atoms with Crippen LogP contribution in [0.4, 0.5) is 0 Å². The topological polar surface area (TPSA) is 82.3 Å². The molecule has 6 nitrogen and oxygen atoms in total. The van der Waals surface area contributed by atoms with Crippen LogP contribution in [0.25, 0.3) is 0 Å². The van der Waals surface area contributed by atoms with Gasteiger partial charge in [0.1, 0.15) is 0 Å². The fourth-order valence-electron chi connectivity index (χ4n) is 0.294. The third-order valence-electron chi connectivity index (χ3n) is 0.473. The molecule has 0 aromatic rings. The van der Waals surface area contributed by atoms with Gasteiger partial charge in [0.15, 0.2) is 0 Å². The Hall–Kier alpha value is -0.210. The van der Waals surface area contributed by atoms with Crippen LogP contribution in [0.3, 0.4) is 0 Å². The first kappa shape index (κ1) is 8.79. The Kier molecular flexibility index (Phi) is 3.66. The van der Waals surface area contributed by atoms with E-state index in [-0.39, 0.29) is 0 Å². The maximum atomic E-state index is 10.5. The lowest BCUT2D eigenvalue weighted by molar-refractivity contribution is 0.544. The summed E-state index contributed by atoms with van der Waals surface area (Å²) in [5.74, 6) is 0. The van der Waals surface area contributed by atoms with E-state index >= 15 is 0 Å². The average Bonchev–Trinajstić information content (AvgIpc) is 1.64. The molecule has 9 heavy (non-hydrogen) atoms. The Bertz CT molecular complexity index is 140. The van der Waals surface area contributed by atoms with Crippen molar-refractivity contribution in [3.05, 3.63) is 0 Å². The Morgan fingerprint density at radius 1 is 1.00 bits per heavy atom. The maximum absolute atomic E-state index is 10.5. The first-order valence-electron chi connectivity index (χ1n) is 2.24. The normalized spacial score (nSPS) is 11.8. The highest BCUT2D eigenvalue weighted by Crippen LogP contribution is 1.63. The van der Waals surface area contributed by atoms with Crippen LogP contribution in [0.15, 0.2) is 0 Å². The highest BCUT2D eigenvalue weighted by Gasteiger charge is 2.02. The van der Waals surface area contributed by atoms with E-state index < -0.39 is 10.2 Å². The molecule has 0 aliphatic heterocycles. The highest BCUT2D eigenvalue weighted by molar-refractivity contribution is 7.87. The summed E-state index contributed by atoms with van der Waals surface area (Å²) < 4.78 is 21.0. The van der Waals surface area contributed by atoms with Gasteiger partial charge in [0, 0.05) is 0 Å². The molecular weight excluding hydrogens is 144 g/mol. The molecule has 0 aliphatic carbocycles. The zero-order valence-corrected chi connectivity index (χ0v) is 6.04. The van der Waals surface area contributed by atoms with Crippen LogP contribution in [-0.2, 0) is 10.2 Å². The van der Waals surface area contributed by atoms with Crippen LogP contribution in [0.2, 0.25) is 0 Å². The molecule has 56 valence electrons. The van der Waals surface area contributed by atoms with Crippen molar-refractivity contribution >= 4 is 10.2 Å². The van der Waals surface area contributed by atoms with Crippen LogP contribution in [-0.4, -0.2) is 22.5 Å². The number of hydrazine groups is 2. The van der Waals surface area contributed by atoms with E-state index in [0.29, 0.717) is 0 Å². The quantitative estimate of drug-likeness (QED) is 0.343. The molecule has 7 heteroatoms. The van der Waals surface area contributed by atoms with Gasteiger partial charge in [-0.15, -0.1) is 9.66 Å². The Morgan fingerprint density at radius 2 is 1.33 bits per heavy atom. The largest absolute Gasteiger partial charge is 0.302 e. The van der Waals surface area contributed by atoms with Crippen LogP contribution in [0.5, 0.6) is 0 Å². The lowest BCUT2D eigenvalue weighted by atomic mass is 11.5. The zero-order chi connectivity index (χ0) is 7.33. The molecule has 0 aromatic carbocycles. The van der Waals surface area contributed by atoms with E-state index in [2.05, 4.69) is 10.9 Å². The van der Waals surface area contributed by atoms with Gasteiger partial charge in [-0.25, -0.2) is 10.9 Å². The van der Waals surface area contributed by atoms with Gasteiger partial charge in [-0.1, -0.05) is 0 Å². The molecule has 0 saturated heterocycles. The minimum absolute atomic E-state index is 1.45. The van der Waals surface area contributed by atoms with Crippen LogP contribution in [0, 0.1) is 0 Å². The summed E-state index contributed by atoms with van der Waals surface area (Å²) in [4.78, 5) is 3.94. The molecule has 0 saturated carbocycles. The molecule has 0 spiro atoms. The van der Waals surface area contributed by atoms with Gasteiger partial charge in [-0.3, -0.25) is 0 Å². The van der Waals surface area contributed by atoms with Crippen molar-refractivity contribution in [2.24, 2.45) is 0 Å². The summed E-state index contributed by atoms with van der Waals surface area (Å²) >= 11 is 0. The third kappa shape index (κ3) is 4.30. The zero-order valence-electron chi connectivity index (χ0n) is 5.22. The fourth-order valence-corrected chi connectivity index (χ4v) is 0.883. The molecule has 4 N–H and O–H groups in total. The van der Waals surface area contributed by atoms with E-state index in [1.54, 1.807) is 0 Å². The molecule has 0 unspecified atom stereocenters. The minimum Gasteiger partial charge on any atom is -0.246 e. The minimum atomic E-state index is -3.40. The molecule has 0 heterocycles. The first-order chi connectivity index (χ1) is 4.12. The SMILES string of the molecule is CNNS(=O)(=O)NNC. The second kappa shape index (κ2) is 3.75. The second-order valence-corrected chi connectivity index (χ2v) is 2.62. The lowest BCUT2D eigenvalue weighted by Gasteiger charge is -2.03. The molecule has 0 aliphatic rings. The van der Waals surface area contributed by atoms with Gasteiger partial charge in [-0.2, -0.15) is 8.42 Å². The summed E-state index contributed by atoms with van der Waals surface area (Å²) in [6.07, 6.45) is 0. The number of hydrogen-bond acceptors (Lipinski definition) is 4. The van der Waals surface area contributed by atoms with Crippen molar-refractivity contribution in [1.82, 2.24) is 20.5 Å². The van der Waals surface area contributed by atoms with Gasteiger partial charge in [-0.05, 0) is 14.1 Å². The predicted octanol–water partition coefficient (Wildman–Crippen LogP) is -2.32. The third-order valence-corrected chi connectivity index (χ3v) is 1.42. The van der Waals surface area contributed by atoms with Gasteiger partial charge in [0.25, 0.3) is 0 Å². The van der Waals surface area contributed by atoms with E-state index in [1.807, 2.05) is 9.66 Å². The molecular formula is C2H10N4O2S. The molecule has 0 atom stereocenters. The summed E-state index contributed by atoms with van der Waals surface area (Å²) in [7, 11) is -0.497. The first-order valence-corrected chi connectivity index (χ1v) is 3.72. The Balaban J connectivity index is 3.73. The predicted molar refractivity (Wildman–Crippen MR) is 33.3 cm³/mol. The van der Waals surface area contributed by atoms with Crippen LogP contribution >= 0.6 is 0 Å². The summed E-state index contributed by atoms with van der Waals surface area (Å²) in [5, 5.41) is 0.